The number of H-pyrrole nitrogens is 1. The summed E-state index contributed by atoms with van der Waals surface area (Å²) in [5.41, 5.74) is 3.36. The molecule has 15 heavy (non-hydrogen) atoms. The number of aromatic amines is 1. The Kier molecular flexibility index (Phi) is 2.68. The molecule has 0 spiro atoms. The van der Waals surface area contributed by atoms with Crippen molar-refractivity contribution in [2.45, 2.75) is 12.8 Å². The van der Waals surface area contributed by atoms with Crippen molar-refractivity contribution in [2.75, 3.05) is 0 Å². The van der Waals surface area contributed by atoms with Crippen LogP contribution in [0.25, 0.3) is 11.0 Å². The molecule has 0 saturated heterocycles. The first-order valence-electron chi connectivity index (χ1n) is 5.03. The van der Waals surface area contributed by atoms with Gasteiger partial charge in [0.05, 0.1) is 11.0 Å². The van der Waals surface area contributed by atoms with Crippen molar-refractivity contribution in [3.05, 3.63) is 54.9 Å². The molecule has 0 aliphatic rings. The molecular weight excluding hydrogens is 184 g/mol. The third kappa shape index (κ3) is 1.84. The van der Waals surface area contributed by atoms with Gasteiger partial charge >= 0.3 is 0 Å². The molecule has 0 atom stereocenters. The summed E-state index contributed by atoms with van der Waals surface area (Å²) in [7, 11) is 0. The van der Waals surface area contributed by atoms with Gasteiger partial charge in [-0.3, -0.25) is 0 Å². The monoisotopic (exact) mass is 198 g/mol. The molecule has 1 heterocycles. The first-order valence-corrected chi connectivity index (χ1v) is 5.03. The van der Waals surface area contributed by atoms with Gasteiger partial charge in [-0.2, -0.15) is 0 Å². The molecule has 1 aromatic heterocycles. The van der Waals surface area contributed by atoms with Gasteiger partial charge in [-0.25, -0.2) is 4.98 Å². The molecular formula is C13H14N2. The molecule has 1 N–H and O–H groups in total. The van der Waals surface area contributed by atoms with E-state index in [1.54, 1.807) is 0 Å². The van der Waals surface area contributed by atoms with E-state index < -0.39 is 0 Å². The topological polar surface area (TPSA) is 28.7 Å². The fourth-order valence-corrected chi connectivity index (χ4v) is 1.70. The molecule has 1 aromatic carbocycles. The van der Waals surface area contributed by atoms with E-state index in [0.717, 1.165) is 29.7 Å². The highest BCUT2D eigenvalue weighted by molar-refractivity contribution is 5.79. The Morgan fingerprint density at radius 1 is 1.20 bits per heavy atom. The molecule has 0 aliphatic carbocycles. The Hall–Kier alpha value is -1.83. The predicted octanol–water partition coefficient (Wildman–Crippen LogP) is 3.02. The highest BCUT2D eigenvalue weighted by Crippen LogP contribution is 2.17. The lowest BCUT2D eigenvalue weighted by atomic mass is 10.1. The van der Waals surface area contributed by atoms with Crippen LogP contribution >= 0.6 is 0 Å². The van der Waals surface area contributed by atoms with Gasteiger partial charge < -0.3 is 4.98 Å². The van der Waals surface area contributed by atoms with Crippen molar-refractivity contribution in [3.63, 3.8) is 0 Å². The quantitative estimate of drug-likeness (QED) is 0.751. The van der Waals surface area contributed by atoms with Crippen LogP contribution in [0.4, 0.5) is 0 Å². The number of aromatic nitrogens is 2. The summed E-state index contributed by atoms with van der Waals surface area (Å²) in [5, 5.41) is 0. The number of para-hydroxylation sites is 1. The first kappa shape index (κ1) is 9.71. The zero-order valence-electron chi connectivity index (χ0n) is 8.66. The van der Waals surface area contributed by atoms with Crippen LogP contribution < -0.4 is 0 Å². The summed E-state index contributed by atoms with van der Waals surface area (Å²) >= 11 is 0. The predicted molar refractivity (Wildman–Crippen MR) is 63.9 cm³/mol. The number of imidazole rings is 1. The molecule has 0 bridgehead atoms. The average molecular weight is 198 g/mol. The van der Waals surface area contributed by atoms with Crippen molar-refractivity contribution >= 4 is 11.0 Å². The van der Waals surface area contributed by atoms with Gasteiger partial charge in [-0.15, -0.1) is 13.2 Å². The molecule has 76 valence electrons. The number of hydrogen-bond donors (Lipinski definition) is 1. The number of allylic oxidation sites excluding steroid dienone is 2. The largest absolute Gasteiger partial charge is 0.342 e. The van der Waals surface area contributed by atoms with E-state index in [2.05, 4.69) is 29.2 Å². The molecule has 0 unspecified atom stereocenters. The van der Waals surface area contributed by atoms with Crippen molar-refractivity contribution in [2.24, 2.45) is 0 Å². The summed E-state index contributed by atoms with van der Waals surface area (Å²) < 4.78 is 0. The van der Waals surface area contributed by atoms with Crippen molar-refractivity contribution < 1.29 is 0 Å². The van der Waals surface area contributed by atoms with E-state index in [1.165, 1.54) is 5.56 Å². The summed E-state index contributed by atoms with van der Waals surface area (Å²) in [6, 6.07) is 6.17. The fraction of sp³-hybridized carbons (Fsp3) is 0.154. The maximum atomic E-state index is 4.55. The SMILES string of the molecule is C=CCc1nc2c(CC=C)cccc2[nH]1. The highest BCUT2D eigenvalue weighted by Gasteiger charge is 2.04. The Bertz CT molecular complexity index is 494. The van der Waals surface area contributed by atoms with Crippen LogP contribution in [0.1, 0.15) is 11.4 Å². The Morgan fingerprint density at radius 2 is 2.00 bits per heavy atom. The van der Waals surface area contributed by atoms with E-state index in [9.17, 15) is 0 Å². The van der Waals surface area contributed by atoms with E-state index >= 15 is 0 Å². The second kappa shape index (κ2) is 4.13. The third-order valence-corrected chi connectivity index (χ3v) is 2.35. The molecule has 2 rings (SSSR count). The Morgan fingerprint density at radius 3 is 2.73 bits per heavy atom. The highest BCUT2D eigenvalue weighted by atomic mass is 14.9. The number of nitrogens with one attached hydrogen (secondary N) is 1. The van der Waals surface area contributed by atoms with Gasteiger partial charge in [-0.1, -0.05) is 24.3 Å². The van der Waals surface area contributed by atoms with Gasteiger partial charge in [-0.05, 0) is 18.1 Å². The maximum absolute atomic E-state index is 4.55. The van der Waals surface area contributed by atoms with Crippen LogP contribution in [0.3, 0.4) is 0 Å². The van der Waals surface area contributed by atoms with Crippen LogP contribution in [0.5, 0.6) is 0 Å². The van der Waals surface area contributed by atoms with Crippen LogP contribution in [0, 0.1) is 0 Å². The first-order chi connectivity index (χ1) is 7.35. The minimum absolute atomic E-state index is 0.780. The van der Waals surface area contributed by atoms with Gasteiger partial charge in [0.15, 0.2) is 0 Å². The molecule has 2 aromatic rings. The van der Waals surface area contributed by atoms with Crippen LogP contribution in [-0.2, 0) is 12.8 Å². The standard InChI is InChI=1S/C13H14N2/c1-3-6-10-8-5-9-11-13(10)15-12(14-11)7-4-2/h3-5,8-9H,1-2,6-7H2,(H,14,15). The van der Waals surface area contributed by atoms with Crippen molar-refractivity contribution in [1.82, 2.24) is 9.97 Å². The molecule has 0 saturated carbocycles. The van der Waals surface area contributed by atoms with E-state index in [4.69, 9.17) is 0 Å². The summed E-state index contributed by atoms with van der Waals surface area (Å²) in [5.74, 6) is 0.969. The van der Waals surface area contributed by atoms with Crippen LogP contribution in [0.15, 0.2) is 43.5 Å². The lowest BCUT2D eigenvalue weighted by Gasteiger charge is -1.96. The van der Waals surface area contributed by atoms with Gasteiger partial charge in [0, 0.05) is 6.42 Å². The zero-order chi connectivity index (χ0) is 10.7. The molecule has 0 aliphatic heterocycles. The Balaban J connectivity index is 2.53. The molecule has 0 radical (unpaired) electrons. The lowest BCUT2D eigenvalue weighted by Crippen LogP contribution is -1.84. The lowest BCUT2D eigenvalue weighted by molar-refractivity contribution is 1.07. The molecule has 2 nitrogen and oxygen atoms in total. The smallest absolute Gasteiger partial charge is 0.111 e. The third-order valence-electron chi connectivity index (χ3n) is 2.35. The maximum Gasteiger partial charge on any atom is 0.111 e. The second-order valence-corrected chi connectivity index (χ2v) is 3.48. The fourth-order valence-electron chi connectivity index (χ4n) is 1.70. The number of hydrogen-bond acceptors (Lipinski definition) is 1. The van der Waals surface area contributed by atoms with Gasteiger partial charge in [0.25, 0.3) is 0 Å². The summed E-state index contributed by atoms with van der Waals surface area (Å²) in [6.07, 6.45) is 5.39. The number of nitrogens with zero attached hydrogens (tertiary/aromatic N) is 1. The van der Waals surface area contributed by atoms with Gasteiger partial charge in [0.1, 0.15) is 5.82 Å². The van der Waals surface area contributed by atoms with Crippen LogP contribution in [0.2, 0.25) is 0 Å². The number of fused-ring (bicyclic) bond motifs is 1. The van der Waals surface area contributed by atoms with E-state index in [0.29, 0.717) is 0 Å². The van der Waals surface area contributed by atoms with Crippen LogP contribution in [-0.4, -0.2) is 9.97 Å². The second-order valence-electron chi connectivity index (χ2n) is 3.48. The van der Waals surface area contributed by atoms with Crippen molar-refractivity contribution in [3.8, 4) is 0 Å². The minimum Gasteiger partial charge on any atom is -0.342 e. The molecule has 0 fully saturated rings. The number of rotatable bonds is 4. The van der Waals surface area contributed by atoms with E-state index in [1.807, 2.05) is 24.3 Å². The van der Waals surface area contributed by atoms with Gasteiger partial charge in [0.2, 0.25) is 0 Å². The minimum atomic E-state index is 0.780. The summed E-state index contributed by atoms with van der Waals surface area (Å²) in [6.45, 7) is 7.46. The zero-order valence-corrected chi connectivity index (χ0v) is 8.66. The average Bonchev–Trinajstić information content (AvgIpc) is 2.62. The Labute approximate surface area is 89.4 Å². The summed E-state index contributed by atoms with van der Waals surface area (Å²) in [4.78, 5) is 7.83. The van der Waals surface area contributed by atoms with E-state index in [-0.39, 0.29) is 0 Å². The number of benzene rings is 1. The molecule has 0 amide bonds. The normalized spacial score (nSPS) is 10.4. The van der Waals surface area contributed by atoms with Crippen molar-refractivity contribution in [1.29, 1.82) is 0 Å². The molecule has 2 heteroatoms.